The Balaban J connectivity index is 1.93. The molecule has 2 heterocycles. The zero-order valence-electron chi connectivity index (χ0n) is 14.0. The number of ether oxygens (including phenoxy) is 2. The average molecular weight is 381 g/mol. The summed E-state index contributed by atoms with van der Waals surface area (Å²) in [4.78, 5) is 16.4. The summed E-state index contributed by atoms with van der Waals surface area (Å²) in [6.07, 6.45) is 2.91. The molecule has 1 fully saturated rings. The van der Waals surface area contributed by atoms with E-state index in [-0.39, 0.29) is 15.0 Å². The first-order valence-electron chi connectivity index (χ1n) is 7.84. The van der Waals surface area contributed by atoms with Crippen LogP contribution in [0, 0.1) is 0 Å². The van der Waals surface area contributed by atoms with Crippen LogP contribution in [-0.4, -0.2) is 39.5 Å². The van der Waals surface area contributed by atoms with Gasteiger partial charge in [-0.2, -0.15) is 0 Å². The number of hydrogen-bond donors (Lipinski definition) is 0. The molecule has 1 aromatic carbocycles. The monoisotopic (exact) mass is 381 g/mol. The lowest BCUT2D eigenvalue weighted by Crippen LogP contribution is -2.34. The highest BCUT2D eigenvalue weighted by molar-refractivity contribution is 7.93. The average Bonchev–Trinajstić information content (AvgIpc) is 3.14. The van der Waals surface area contributed by atoms with E-state index in [1.54, 1.807) is 13.3 Å². The van der Waals surface area contributed by atoms with Crippen molar-refractivity contribution in [1.29, 1.82) is 0 Å². The van der Waals surface area contributed by atoms with Crippen LogP contribution in [0.2, 0.25) is 0 Å². The maximum absolute atomic E-state index is 12.8. The molecular formula is C17H19NO5S2. The summed E-state index contributed by atoms with van der Waals surface area (Å²) in [5.41, 5.74) is -0.0679. The lowest BCUT2D eigenvalue weighted by atomic mass is 9.93. The molecule has 1 aromatic heterocycles. The minimum absolute atomic E-state index is 0.0287. The van der Waals surface area contributed by atoms with E-state index in [0.29, 0.717) is 31.6 Å². The molecule has 0 bridgehead atoms. The minimum atomic E-state index is -3.72. The highest BCUT2D eigenvalue weighted by Crippen LogP contribution is 2.40. The summed E-state index contributed by atoms with van der Waals surface area (Å²) >= 11 is 1.13. The molecule has 2 aromatic rings. The summed E-state index contributed by atoms with van der Waals surface area (Å²) < 4.78 is 36.7. The van der Waals surface area contributed by atoms with Crippen molar-refractivity contribution in [2.24, 2.45) is 0 Å². The van der Waals surface area contributed by atoms with Crippen LogP contribution < -0.4 is 0 Å². The molecule has 0 saturated carbocycles. The zero-order chi connectivity index (χ0) is 18.1. The second-order valence-electron chi connectivity index (χ2n) is 5.89. The minimum Gasteiger partial charge on any atom is -0.381 e. The number of rotatable bonds is 5. The third kappa shape index (κ3) is 3.39. The predicted molar refractivity (Wildman–Crippen MR) is 92.8 cm³/mol. The number of methoxy groups -OCH3 is 1. The van der Waals surface area contributed by atoms with Gasteiger partial charge in [0.15, 0.2) is 5.78 Å². The molecule has 8 heteroatoms. The summed E-state index contributed by atoms with van der Waals surface area (Å²) in [5, 5.41) is 0. The predicted octanol–water partition coefficient (Wildman–Crippen LogP) is 2.83. The first-order chi connectivity index (χ1) is 11.9. The van der Waals surface area contributed by atoms with Gasteiger partial charge in [-0.05, 0) is 19.1 Å². The fraction of sp³-hybridized carbons (Fsp3) is 0.412. The summed E-state index contributed by atoms with van der Waals surface area (Å²) in [7, 11) is -2.10. The third-order valence-corrected chi connectivity index (χ3v) is 7.77. The number of nitrogens with zero attached hydrogens (tertiary/aromatic N) is 1. The van der Waals surface area contributed by atoms with E-state index in [1.165, 1.54) is 31.2 Å². The molecule has 0 unspecified atom stereocenters. The van der Waals surface area contributed by atoms with E-state index >= 15 is 0 Å². The Bertz CT molecular complexity index is 865. The number of aromatic nitrogens is 1. The lowest BCUT2D eigenvalue weighted by molar-refractivity contribution is -0.0926. The van der Waals surface area contributed by atoms with Crippen molar-refractivity contribution < 1.29 is 22.7 Å². The Morgan fingerprint density at radius 3 is 2.44 bits per heavy atom. The van der Waals surface area contributed by atoms with Crippen LogP contribution >= 0.6 is 11.3 Å². The normalized spacial score (nSPS) is 17.4. The summed E-state index contributed by atoms with van der Waals surface area (Å²) in [6.45, 7) is 2.58. The van der Waals surface area contributed by atoms with Gasteiger partial charge in [-0.25, -0.2) is 13.4 Å². The zero-order valence-corrected chi connectivity index (χ0v) is 15.7. The van der Waals surface area contributed by atoms with Gasteiger partial charge in [0, 0.05) is 44.9 Å². The maximum atomic E-state index is 12.8. The van der Waals surface area contributed by atoms with Gasteiger partial charge in [0.25, 0.3) is 0 Å². The second-order valence-corrected chi connectivity index (χ2v) is 9.04. The number of thiazole rings is 1. The number of sulfone groups is 1. The molecule has 0 radical (unpaired) electrons. The molecule has 1 aliphatic rings. The van der Waals surface area contributed by atoms with Crippen LogP contribution in [-0.2, 0) is 24.9 Å². The van der Waals surface area contributed by atoms with Gasteiger partial charge < -0.3 is 9.47 Å². The molecule has 0 spiro atoms. The maximum Gasteiger partial charge on any atom is 0.233 e. The van der Waals surface area contributed by atoms with Gasteiger partial charge in [0.05, 0.1) is 9.77 Å². The van der Waals surface area contributed by atoms with Gasteiger partial charge >= 0.3 is 0 Å². The van der Waals surface area contributed by atoms with Gasteiger partial charge in [-0.1, -0.05) is 12.1 Å². The van der Waals surface area contributed by atoms with Crippen LogP contribution in [0.15, 0.2) is 39.7 Å². The largest absolute Gasteiger partial charge is 0.381 e. The van der Waals surface area contributed by atoms with E-state index in [0.717, 1.165) is 16.2 Å². The van der Waals surface area contributed by atoms with Crippen LogP contribution in [0.5, 0.6) is 0 Å². The molecule has 6 nitrogen and oxygen atoms in total. The molecule has 25 heavy (non-hydrogen) atoms. The van der Waals surface area contributed by atoms with E-state index in [2.05, 4.69) is 4.98 Å². The quantitative estimate of drug-likeness (QED) is 0.741. The molecule has 0 aliphatic carbocycles. The SMILES string of the molecule is COC1(c2cnc(S(=O)(=O)c3ccc(C(C)=O)cc3)s2)CCOCC1. The van der Waals surface area contributed by atoms with Gasteiger partial charge in [-0.15, -0.1) is 11.3 Å². The lowest BCUT2D eigenvalue weighted by Gasteiger charge is -2.34. The van der Waals surface area contributed by atoms with E-state index in [4.69, 9.17) is 9.47 Å². The second kappa shape index (κ2) is 6.95. The molecule has 1 aliphatic heterocycles. The Hall–Kier alpha value is -1.61. The Kier molecular flexibility index (Phi) is 5.06. The Morgan fingerprint density at radius 2 is 1.88 bits per heavy atom. The van der Waals surface area contributed by atoms with E-state index < -0.39 is 15.4 Å². The Morgan fingerprint density at radius 1 is 1.24 bits per heavy atom. The van der Waals surface area contributed by atoms with Crippen molar-refractivity contribution in [2.75, 3.05) is 20.3 Å². The van der Waals surface area contributed by atoms with Crippen molar-refractivity contribution >= 4 is 27.0 Å². The Labute approximate surface area is 150 Å². The van der Waals surface area contributed by atoms with Crippen LogP contribution in [0.25, 0.3) is 0 Å². The molecule has 1 saturated heterocycles. The highest BCUT2D eigenvalue weighted by Gasteiger charge is 2.37. The smallest absolute Gasteiger partial charge is 0.233 e. The van der Waals surface area contributed by atoms with Crippen LogP contribution in [0.3, 0.4) is 0 Å². The molecule has 134 valence electrons. The van der Waals surface area contributed by atoms with Crippen molar-refractivity contribution in [3.8, 4) is 0 Å². The van der Waals surface area contributed by atoms with Gasteiger partial charge in [0.1, 0.15) is 5.60 Å². The standard InChI is InChI=1S/C17H19NO5S2/c1-12(19)13-3-5-14(6-4-13)25(20,21)16-18-11-15(24-16)17(22-2)7-9-23-10-8-17/h3-6,11H,7-10H2,1-2H3. The van der Waals surface area contributed by atoms with Crippen molar-refractivity contribution in [3.05, 3.63) is 40.9 Å². The molecule has 0 amide bonds. The number of Topliss-reactive ketones (excluding diaryl/α,β-unsaturated/α-hetero) is 1. The fourth-order valence-corrected chi connectivity index (χ4v) is 5.57. The van der Waals surface area contributed by atoms with Gasteiger partial charge in [0.2, 0.25) is 14.2 Å². The van der Waals surface area contributed by atoms with E-state index in [9.17, 15) is 13.2 Å². The van der Waals surface area contributed by atoms with Crippen molar-refractivity contribution in [3.63, 3.8) is 0 Å². The molecule has 0 atom stereocenters. The molecular weight excluding hydrogens is 362 g/mol. The number of benzene rings is 1. The summed E-state index contributed by atoms with van der Waals surface area (Å²) in [6, 6.07) is 5.90. The number of ketones is 1. The van der Waals surface area contributed by atoms with Crippen molar-refractivity contribution in [2.45, 2.75) is 34.6 Å². The van der Waals surface area contributed by atoms with Gasteiger partial charge in [-0.3, -0.25) is 4.79 Å². The third-order valence-electron chi connectivity index (χ3n) is 4.43. The van der Waals surface area contributed by atoms with E-state index in [1.807, 2.05) is 0 Å². The topological polar surface area (TPSA) is 82.6 Å². The summed E-state index contributed by atoms with van der Waals surface area (Å²) in [5.74, 6) is -0.109. The number of hydrogen-bond acceptors (Lipinski definition) is 7. The molecule has 0 N–H and O–H groups in total. The highest BCUT2D eigenvalue weighted by atomic mass is 32.2. The number of carbonyl (C=O) groups excluding carboxylic acids is 1. The van der Waals surface area contributed by atoms with Crippen LogP contribution in [0.1, 0.15) is 35.0 Å². The van der Waals surface area contributed by atoms with Crippen LogP contribution in [0.4, 0.5) is 0 Å². The fourth-order valence-electron chi connectivity index (χ4n) is 2.81. The first-order valence-corrected chi connectivity index (χ1v) is 10.1. The van der Waals surface area contributed by atoms with Crippen molar-refractivity contribution in [1.82, 2.24) is 4.98 Å². The number of carbonyl (C=O) groups is 1. The first kappa shape index (κ1) is 18.2. The molecule has 3 rings (SSSR count).